The normalized spacial score (nSPS) is 11.6. The number of carbonyl (C=O) groups excluding carboxylic acids is 1. The van der Waals surface area contributed by atoms with Crippen molar-refractivity contribution in [1.29, 1.82) is 5.26 Å². The van der Waals surface area contributed by atoms with E-state index in [2.05, 4.69) is 4.74 Å². The molecule has 0 radical (unpaired) electrons. The Balaban J connectivity index is 3.08. The SMILES string of the molecule is COC(=O)C[C@@H](N)c1ccc(F)c(C#N)c1O. The zero-order chi connectivity index (χ0) is 13.0. The number of benzene rings is 1. The molecule has 90 valence electrons. The van der Waals surface area contributed by atoms with Crippen LogP contribution >= 0.6 is 0 Å². The third-order valence-corrected chi connectivity index (χ3v) is 2.28. The van der Waals surface area contributed by atoms with Gasteiger partial charge in [0.15, 0.2) is 0 Å². The fourth-order valence-electron chi connectivity index (χ4n) is 1.36. The van der Waals surface area contributed by atoms with Gasteiger partial charge in [0.1, 0.15) is 23.2 Å². The minimum Gasteiger partial charge on any atom is -0.506 e. The second-order valence-corrected chi connectivity index (χ2v) is 3.36. The van der Waals surface area contributed by atoms with Crippen LogP contribution < -0.4 is 5.73 Å². The predicted molar refractivity (Wildman–Crippen MR) is 56.3 cm³/mol. The number of hydrogen-bond acceptors (Lipinski definition) is 5. The lowest BCUT2D eigenvalue weighted by Crippen LogP contribution is -2.16. The quantitative estimate of drug-likeness (QED) is 0.764. The minimum absolute atomic E-state index is 0.133. The first kappa shape index (κ1) is 12.9. The molecule has 0 aliphatic rings. The van der Waals surface area contributed by atoms with Gasteiger partial charge in [-0.2, -0.15) is 5.26 Å². The number of ether oxygens (including phenoxy) is 1. The number of hydrogen-bond donors (Lipinski definition) is 2. The molecule has 5 nitrogen and oxygen atoms in total. The Bertz CT molecular complexity index is 482. The van der Waals surface area contributed by atoms with Crippen LogP contribution in [0.2, 0.25) is 0 Å². The molecule has 1 rings (SSSR count). The van der Waals surface area contributed by atoms with E-state index in [0.29, 0.717) is 0 Å². The number of carbonyl (C=O) groups is 1. The van der Waals surface area contributed by atoms with Gasteiger partial charge in [-0.3, -0.25) is 4.79 Å². The van der Waals surface area contributed by atoms with Gasteiger partial charge in [-0.1, -0.05) is 6.07 Å². The Morgan fingerprint density at radius 3 is 2.88 bits per heavy atom. The second-order valence-electron chi connectivity index (χ2n) is 3.36. The maximum absolute atomic E-state index is 13.1. The number of nitriles is 1. The van der Waals surface area contributed by atoms with Gasteiger partial charge in [-0.15, -0.1) is 0 Å². The van der Waals surface area contributed by atoms with E-state index in [-0.39, 0.29) is 12.0 Å². The van der Waals surface area contributed by atoms with E-state index < -0.39 is 29.1 Å². The Hall–Kier alpha value is -2.13. The molecule has 0 heterocycles. The van der Waals surface area contributed by atoms with Crippen LogP contribution in [0, 0.1) is 17.1 Å². The van der Waals surface area contributed by atoms with Crippen LogP contribution in [0.15, 0.2) is 12.1 Å². The molecule has 1 aromatic rings. The summed E-state index contributed by atoms with van der Waals surface area (Å²) in [5.74, 6) is -1.93. The largest absolute Gasteiger partial charge is 0.506 e. The van der Waals surface area contributed by atoms with Crippen molar-refractivity contribution >= 4 is 5.97 Å². The Labute approximate surface area is 97.2 Å². The molecule has 1 atom stereocenters. The molecule has 0 saturated heterocycles. The first-order chi connectivity index (χ1) is 8.01. The Morgan fingerprint density at radius 2 is 2.35 bits per heavy atom. The molecule has 1 aromatic carbocycles. The number of aromatic hydroxyl groups is 1. The predicted octanol–water partition coefficient (Wildman–Crippen LogP) is 0.966. The van der Waals surface area contributed by atoms with Crippen molar-refractivity contribution in [2.75, 3.05) is 7.11 Å². The molecule has 0 amide bonds. The zero-order valence-corrected chi connectivity index (χ0v) is 9.11. The molecule has 0 bridgehead atoms. The summed E-state index contributed by atoms with van der Waals surface area (Å²) < 4.78 is 17.5. The number of rotatable bonds is 3. The molecule has 0 aliphatic carbocycles. The fourth-order valence-corrected chi connectivity index (χ4v) is 1.36. The Kier molecular flexibility index (Phi) is 4.01. The lowest BCUT2D eigenvalue weighted by Gasteiger charge is -2.13. The van der Waals surface area contributed by atoms with E-state index in [1.165, 1.54) is 19.2 Å². The number of esters is 1. The first-order valence-corrected chi connectivity index (χ1v) is 4.75. The zero-order valence-electron chi connectivity index (χ0n) is 9.11. The molecule has 3 N–H and O–H groups in total. The smallest absolute Gasteiger partial charge is 0.307 e. The van der Waals surface area contributed by atoms with Crippen molar-refractivity contribution in [1.82, 2.24) is 0 Å². The highest BCUT2D eigenvalue weighted by Crippen LogP contribution is 2.29. The molecule has 0 unspecified atom stereocenters. The number of methoxy groups -OCH3 is 1. The summed E-state index contributed by atoms with van der Waals surface area (Å²) in [5, 5.41) is 18.3. The number of phenolic OH excluding ortho intramolecular Hbond substituents is 1. The number of nitrogens with zero attached hydrogens (tertiary/aromatic N) is 1. The average Bonchev–Trinajstić information content (AvgIpc) is 2.29. The van der Waals surface area contributed by atoms with Crippen LogP contribution in [0.5, 0.6) is 5.75 Å². The molecule has 0 saturated carbocycles. The highest BCUT2D eigenvalue weighted by atomic mass is 19.1. The van der Waals surface area contributed by atoms with E-state index in [4.69, 9.17) is 11.0 Å². The lowest BCUT2D eigenvalue weighted by molar-refractivity contribution is -0.141. The minimum atomic E-state index is -0.852. The van der Waals surface area contributed by atoms with Crippen LogP contribution in [-0.2, 0) is 9.53 Å². The maximum atomic E-state index is 13.1. The van der Waals surface area contributed by atoms with Gasteiger partial charge in [-0.25, -0.2) is 4.39 Å². The van der Waals surface area contributed by atoms with Gasteiger partial charge >= 0.3 is 5.97 Å². The molecular formula is C11H11FN2O3. The van der Waals surface area contributed by atoms with Crippen molar-refractivity contribution in [2.24, 2.45) is 5.73 Å². The van der Waals surface area contributed by atoms with E-state index in [1.807, 2.05) is 0 Å². The summed E-state index contributed by atoms with van der Waals surface area (Å²) in [6.07, 6.45) is -0.166. The highest BCUT2D eigenvalue weighted by Gasteiger charge is 2.19. The maximum Gasteiger partial charge on any atom is 0.307 e. The van der Waals surface area contributed by atoms with Crippen LogP contribution in [-0.4, -0.2) is 18.2 Å². The summed E-state index contributed by atoms with van der Waals surface area (Å²) in [4.78, 5) is 11.0. The molecule has 6 heteroatoms. The van der Waals surface area contributed by atoms with Crippen molar-refractivity contribution in [3.05, 3.63) is 29.1 Å². The second kappa shape index (κ2) is 5.27. The van der Waals surface area contributed by atoms with Crippen molar-refractivity contribution in [3.8, 4) is 11.8 Å². The molecule has 0 fully saturated rings. The summed E-state index contributed by atoms with van der Waals surface area (Å²) >= 11 is 0. The third-order valence-electron chi connectivity index (χ3n) is 2.28. The van der Waals surface area contributed by atoms with Crippen LogP contribution in [0.4, 0.5) is 4.39 Å². The molecule has 0 aliphatic heterocycles. The van der Waals surface area contributed by atoms with Gasteiger partial charge in [0.25, 0.3) is 0 Å². The number of nitrogens with two attached hydrogens (primary N) is 1. The number of halogens is 1. The van der Waals surface area contributed by atoms with Gasteiger partial charge in [-0.05, 0) is 6.07 Å². The fraction of sp³-hybridized carbons (Fsp3) is 0.273. The van der Waals surface area contributed by atoms with Gasteiger partial charge in [0, 0.05) is 11.6 Å². The van der Waals surface area contributed by atoms with E-state index >= 15 is 0 Å². The van der Waals surface area contributed by atoms with E-state index in [1.54, 1.807) is 0 Å². The number of phenols is 1. The molecule has 0 aromatic heterocycles. The van der Waals surface area contributed by atoms with Crippen molar-refractivity contribution in [2.45, 2.75) is 12.5 Å². The van der Waals surface area contributed by atoms with Gasteiger partial charge in [0.05, 0.1) is 13.5 Å². The molecule has 17 heavy (non-hydrogen) atoms. The third kappa shape index (κ3) is 2.71. The van der Waals surface area contributed by atoms with E-state index in [9.17, 15) is 14.3 Å². The van der Waals surface area contributed by atoms with E-state index in [0.717, 1.165) is 6.07 Å². The Morgan fingerprint density at radius 1 is 1.71 bits per heavy atom. The summed E-state index contributed by atoms with van der Waals surface area (Å²) in [6.45, 7) is 0. The van der Waals surface area contributed by atoms with Crippen LogP contribution in [0.1, 0.15) is 23.6 Å². The topological polar surface area (TPSA) is 96.3 Å². The summed E-state index contributed by atoms with van der Waals surface area (Å²) in [6, 6.07) is 2.93. The van der Waals surface area contributed by atoms with Crippen molar-refractivity contribution in [3.63, 3.8) is 0 Å². The summed E-state index contributed by atoms with van der Waals surface area (Å²) in [5.41, 5.74) is 5.30. The van der Waals surface area contributed by atoms with Crippen LogP contribution in [0.3, 0.4) is 0 Å². The first-order valence-electron chi connectivity index (χ1n) is 4.75. The monoisotopic (exact) mass is 238 g/mol. The summed E-state index contributed by atoms with van der Waals surface area (Å²) in [7, 11) is 1.21. The van der Waals surface area contributed by atoms with Gasteiger partial charge in [0.2, 0.25) is 0 Å². The van der Waals surface area contributed by atoms with Gasteiger partial charge < -0.3 is 15.6 Å². The molecular weight excluding hydrogens is 227 g/mol. The average molecular weight is 238 g/mol. The lowest BCUT2D eigenvalue weighted by atomic mass is 10.0. The highest BCUT2D eigenvalue weighted by molar-refractivity contribution is 5.70. The molecule has 0 spiro atoms. The van der Waals surface area contributed by atoms with Crippen LogP contribution in [0.25, 0.3) is 0 Å². The van der Waals surface area contributed by atoms with Crippen molar-refractivity contribution < 1.29 is 19.0 Å². The standard InChI is InChI=1S/C11H11FN2O3/c1-17-10(15)4-9(14)6-2-3-8(12)7(5-13)11(6)16/h2-3,9,16H,4,14H2,1H3/t9-/m1/s1.